The zero-order chi connectivity index (χ0) is 17.3. The molecule has 0 bridgehead atoms. The van der Waals surface area contributed by atoms with Crippen molar-refractivity contribution in [2.75, 3.05) is 26.2 Å². The SMILES string of the molecule is O=C(O)N1CCN(C(=O)c2cc(F)c(Br)c(Cl)c2F)C(CO)C1. The Labute approximate surface area is 143 Å². The molecular formula is C13H12BrClF2N2O4. The van der Waals surface area contributed by atoms with Gasteiger partial charge in [0.1, 0.15) is 5.82 Å². The molecule has 2 rings (SSSR count). The van der Waals surface area contributed by atoms with E-state index in [1.165, 1.54) is 0 Å². The van der Waals surface area contributed by atoms with E-state index in [2.05, 4.69) is 15.9 Å². The summed E-state index contributed by atoms with van der Waals surface area (Å²) in [6, 6.07) is -0.136. The van der Waals surface area contributed by atoms with Gasteiger partial charge in [-0.1, -0.05) is 11.6 Å². The molecular weight excluding hydrogens is 402 g/mol. The molecule has 2 N–H and O–H groups in total. The predicted octanol–water partition coefficient (Wildman–Crippen LogP) is 2.18. The van der Waals surface area contributed by atoms with E-state index in [1.54, 1.807) is 0 Å². The highest BCUT2D eigenvalue weighted by Gasteiger charge is 2.34. The fourth-order valence-electron chi connectivity index (χ4n) is 2.34. The number of aliphatic hydroxyl groups is 1. The lowest BCUT2D eigenvalue weighted by Crippen LogP contribution is -2.57. The fraction of sp³-hybridized carbons (Fsp3) is 0.385. The highest BCUT2D eigenvalue weighted by atomic mass is 79.9. The van der Waals surface area contributed by atoms with Crippen molar-refractivity contribution in [1.29, 1.82) is 0 Å². The first kappa shape index (κ1) is 17.9. The predicted molar refractivity (Wildman–Crippen MR) is 80.6 cm³/mol. The number of amides is 2. The molecule has 23 heavy (non-hydrogen) atoms. The third-order valence-corrected chi connectivity index (χ3v) is 4.92. The first-order valence-corrected chi connectivity index (χ1v) is 7.67. The lowest BCUT2D eigenvalue weighted by molar-refractivity contribution is 0.0306. The average molecular weight is 414 g/mol. The van der Waals surface area contributed by atoms with Crippen LogP contribution in [0.25, 0.3) is 0 Å². The van der Waals surface area contributed by atoms with Crippen molar-refractivity contribution in [2.45, 2.75) is 6.04 Å². The van der Waals surface area contributed by atoms with Gasteiger partial charge < -0.3 is 20.0 Å². The van der Waals surface area contributed by atoms with Crippen LogP contribution in [0.1, 0.15) is 10.4 Å². The zero-order valence-electron chi connectivity index (χ0n) is 11.6. The normalized spacial score (nSPS) is 18.2. The van der Waals surface area contributed by atoms with Crippen LogP contribution in [0.2, 0.25) is 5.02 Å². The van der Waals surface area contributed by atoms with Crippen molar-refractivity contribution in [3.8, 4) is 0 Å². The van der Waals surface area contributed by atoms with Crippen LogP contribution >= 0.6 is 27.5 Å². The van der Waals surface area contributed by atoms with Gasteiger partial charge in [-0.25, -0.2) is 13.6 Å². The number of benzene rings is 1. The summed E-state index contributed by atoms with van der Waals surface area (Å²) in [6.45, 7) is -0.674. The van der Waals surface area contributed by atoms with E-state index < -0.39 is 46.9 Å². The summed E-state index contributed by atoms with van der Waals surface area (Å²) in [5.74, 6) is -2.84. The van der Waals surface area contributed by atoms with Gasteiger partial charge >= 0.3 is 6.09 Å². The molecule has 0 saturated carbocycles. The van der Waals surface area contributed by atoms with E-state index in [-0.39, 0.29) is 24.1 Å². The van der Waals surface area contributed by atoms with Gasteiger partial charge in [-0.05, 0) is 22.0 Å². The molecule has 0 aliphatic carbocycles. The minimum atomic E-state index is -1.18. The number of hydrogen-bond donors (Lipinski definition) is 2. The topological polar surface area (TPSA) is 81.1 Å². The number of piperazine rings is 1. The van der Waals surface area contributed by atoms with Gasteiger partial charge in [0.15, 0.2) is 5.82 Å². The molecule has 126 valence electrons. The van der Waals surface area contributed by atoms with Crippen LogP contribution in [0.3, 0.4) is 0 Å². The smallest absolute Gasteiger partial charge is 0.407 e. The van der Waals surface area contributed by atoms with Gasteiger partial charge in [0.25, 0.3) is 5.91 Å². The fourth-order valence-corrected chi connectivity index (χ4v) is 2.82. The summed E-state index contributed by atoms with van der Waals surface area (Å²) in [4.78, 5) is 25.6. The van der Waals surface area contributed by atoms with Gasteiger partial charge in [0.2, 0.25) is 0 Å². The molecule has 1 fully saturated rings. The van der Waals surface area contributed by atoms with E-state index in [9.17, 15) is 23.5 Å². The molecule has 1 atom stereocenters. The molecule has 2 amide bonds. The Morgan fingerprint density at radius 1 is 1.39 bits per heavy atom. The van der Waals surface area contributed by atoms with Crippen LogP contribution < -0.4 is 0 Å². The molecule has 1 saturated heterocycles. The van der Waals surface area contributed by atoms with Crippen LogP contribution in [0, 0.1) is 11.6 Å². The third-order valence-electron chi connectivity index (χ3n) is 3.56. The van der Waals surface area contributed by atoms with Gasteiger partial charge in [-0.15, -0.1) is 0 Å². The number of carboxylic acid groups (broad SMARTS) is 1. The second-order valence-corrected chi connectivity index (χ2v) is 6.08. The maximum absolute atomic E-state index is 14.1. The van der Waals surface area contributed by atoms with Crippen molar-refractivity contribution in [2.24, 2.45) is 0 Å². The molecule has 1 aromatic rings. The first-order chi connectivity index (χ1) is 10.8. The lowest BCUT2D eigenvalue weighted by Gasteiger charge is -2.39. The van der Waals surface area contributed by atoms with E-state index >= 15 is 0 Å². The molecule has 10 heteroatoms. The highest BCUT2D eigenvalue weighted by Crippen LogP contribution is 2.31. The molecule has 1 aromatic carbocycles. The van der Waals surface area contributed by atoms with Gasteiger partial charge in [-0.3, -0.25) is 4.79 Å². The van der Waals surface area contributed by atoms with Gasteiger partial charge in [-0.2, -0.15) is 0 Å². The van der Waals surface area contributed by atoms with Crippen molar-refractivity contribution >= 4 is 39.5 Å². The zero-order valence-corrected chi connectivity index (χ0v) is 13.9. The molecule has 1 aliphatic heterocycles. The van der Waals surface area contributed by atoms with Crippen LogP contribution in [0.5, 0.6) is 0 Å². The lowest BCUT2D eigenvalue weighted by atomic mass is 10.1. The van der Waals surface area contributed by atoms with E-state index in [0.29, 0.717) is 6.07 Å². The summed E-state index contributed by atoms with van der Waals surface area (Å²) < 4.78 is 27.5. The standard InChI is InChI=1S/C13H12BrClF2N2O4/c14-9-8(16)3-7(11(17)10(9)15)12(21)19-2-1-18(13(22)23)4-6(19)5-20/h3,6,20H,1-2,4-5H2,(H,22,23). The van der Waals surface area contributed by atoms with Crippen molar-refractivity contribution in [3.05, 3.63) is 32.8 Å². The third kappa shape index (κ3) is 3.41. The summed E-state index contributed by atoms with van der Waals surface area (Å²) in [5, 5.41) is 17.8. The second kappa shape index (κ2) is 6.98. The number of carbonyl (C=O) groups excluding carboxylic acids is 1. The number of nitrogens with zero attached hydrogens (tertiary/aromatic N) is 2. The quantitative estimate of drug-likeness (QED) is 0.575. The van der Waals surface area contributed by atoms with Crippen LogP contribution in [-0.4, -0.2) is 64.3 Å². The van der Waals surface area contributed by atoms with Crippen LogP contribution in [-0.2, 0) is 0 Å². The van der Waals surface area contributed by atoms with E-state index in [4.69, 9.17) is 16.7 Å². The minimum Gasteiger partial charge on any atom is -0.465 e. The van der Waals surface area contributed by atoms with Crippen LogP contribution in [0.15, 0.2) is 10.5 Å². The minimum absolute atomic E-state index is 0.00589. The molecule has 1 heterocycles. The monoisotopic (exact) mass is 412 g/mol. The molecule has 0 spiro atoms. The Kier molecular flexibility index (Phi) is 5.43. The summed E-state index contributed by atoms with van der Waals surface area (Å²) >= 11 is 8.41. The van der Waals surface area contributed by atoms with Crippen LogP contribution in [0.4, 0.5) is 13.6 Å². The molecule has 1 unspecified atom stereocenters. The molecule has 6 nitrogen and oxygen atoms in total. The molecule has 0 aromatic heterocycles. The molecule has 0 radical (unpaired) electrons. The van der Waals surface area contributed by atoms with Gasteiger partial charge in [0, 0.05) is 19.6 Å². The van der Waals surface area contributed by atoms with Crippen molar-refractivity contribution < 1.29 is 28.6 Å². The molecule has 1 aliphatic rings. The summed E-state index contributed by atoms with van der Waals surface area (Å²) in [5.41, 5.74) is -0.571. The van der Waals surface area contributed by atoms with E-state index in [1.807, 2.05) is 0 Å². The number of carbonyl (C=O) groups is 2. The van der Waals surface area contributed by atoms with Crippen molar-refractivity contribution in [1.82, 2.24) is 9.80 Å². The Bertz CT molecular complexity index is 661. The largest absolute Gasteiger partial charge is 0.465 e. The second-order valence-electron chi connectivity index (χ2n) is 4.91. The van der Waals surface area contributed by atoms with Crippen molar-refractivity contribution in [3.63, 3.8) is 0 Å². The maximum atomic E-state index is 14.1. The summed E-state index contributed by atoms with van der Waals surface area (Å²) in [6.07, 6.45) is -1.18. The summed E-state index contributed by atoms with van der Waals surface area (Å²) in [7, 11) is 0. The Balaban J connectivity index is 2.32. The first-order valence-electron chi connectivity index (χ1n) is 6.50. The van der Waals surface area contributed by atoms with E-state index in [0.717, 1.165) is 9.80 Å². The number of rotatable bonds is 2. The Hall–Kier alpha value is -1.45. The van der Waals surface area contributed by atoms with Gasteiger partial charge in [0.05, 0.1) is 27.7 Å². The Morgan fingerprint density at radius 2 is 2.04 bits per heavy atom. The Morgan fingerprint density at radius 3 is 2.61 bits per heavy atom. The number of halogens is 4. The number of hydrogen-bond acceptors (Lipinski definition) is 3. The number of aliphatic hydroxyl groups excluding tert-OH is 1. The highest BCUT2D eigenvalue weighted by molar-refractivity contribution is 9.10. The average Bonchev–Trinajstić information content (AvgIpc) is 2.54. The maximum Gasteiger partial charge on any atom is 0.407 e.